The predicted molar refractivity (Wildman–Crippen MR) is 70.7 cm³/mol. The number of rotatable bonds is 4. The lowest BCUT2D eigenvalue weighted by molar-refractivity contribution is 0.0898. The van der Waals surface area contributed by atoms with Crippen molar-refractivity contribution in [2.24, 2.45) is 0 Å². The second-order valence-corrected chi connectivity index (χ2v) is 5.40. The molecule has 4 heteroatoms. The number of carbonyl (C=O) groups excluding carboxylic acids is 1. The number of aryl methyl sites for hydroxylation is 1. The molecule has 0 radical (unpaired) electrons. The van der Waals surface area contributed by atoms with E-state index in [1.807, 2.05) is 6.92 Å². The third-order valence-corrected chi connectivity index (χ3v) is 4.16. The van der Waals surface area contributed by atoms with Crippen LogP contribution in [0.2, 0.25) is 0 Å². The average Bonchev–Trinajstić information content (AvgIpc) is 2.95. The summed E-state index contributed by atoms with van der Waals surface area (Å²) in [5.74, 6) is 0.646. The number of nitrogens with zero attached hydrogens (tertiary/aromatic N) is 1. The number of furan rings is 1. The molecule has 1 aromatic rings. The molecule has 0 aliphatic heterocycles. The second-order valence-electron chi connectivity index (χ2n) is 5.40. The minimum atomic E-state index is -0.0330. The summed E-state index contributed by atoms with van der Waals surface area (Å²) in [4.78, 5) is 14.3. The fourth-order valence-corrected chi connectivity index (χ4v) is 2.78. The highest BCUT2D eigenvalue weighted by atomic mass is 16.3. The molecule has 0 bridgehead atoms. The first kappa shape index (κ1) is 13.1. The minimum Gasteiger partial charge on any atom is -0.469 e. The Labute approximate surface area is 108 Å². The number of likely N-dealkylation sites (N-methyl/N-ethyl adjacent to an activating group) is 1. The van der Waals surface area contributed by atoms with E-state index >= 15 is 0 Å². The summed E-state index contributed by atoms with van der Waals surface area (Å²) >= 11 is 0. The van der Waals surface area contributed by atoms with Gasteiger partial charge >= 0.3 is 0 Å². The fourth-order valence-electron chi connectivity index (χ4n) is 2.78. The number of hydrogen-bond donors (Lipinski definition) is 1. The van der Waals surface area contributed by atoms with E-state index in [2.05, 4.69) is 24.3 Å². The van der Waals surface area contributed by atoms with Gasteiger partial charge in [0.25, 0.3) is 5.91 Å². The number of carbonyl (C=O) groups is 1. The monoisotopic (exact) mass is 250 g/mol. The Hall–Kier alpha value is -1.29. The normalized spacial score (nSPS) is 18.2. The summed E-state index contributed by atoms with van der Waals surface area (Å²) in [7, 11) is 4.20. The topological polar surface area (TPSA) is 45.5 Å². The SMILES string of the molecule is Cc1occc1C(=O)NCC1(N(C)C)CCCC1. The molecule has 1 aromatic heterocycles. The van der Waals surface area contributed by atoms with Gasteiger partial charge in [0, 0.05) is 12.1 Å². The van der Waals surface area contributed by atoms with Gasteiger partial charge in [-0.25, -0.2) is 0 Å². The van der Waals surface area contributed by atoms with Crippen molar-refractivity contribution in [3.05, 3.63) is 23.7 Å². The Morgan fingerprint density at radius 2 is 2.11 bits per heavy atom. The Morgan fingerprint density at radius 1 is 1.44 bits per heavy atom. The van der Waals surface area contributed by atoms with Crippen molar-refractivity contribution in [2.75, 3.05) is 20.6 Å². The first-order valence-corrected chi connectivity index (χ1v) is 6.55. The molecule has 1 fully saturated rings. The molecule has 1 aliphatic carbocycles. The maximum Gasteiger partial charge on any atom is 0.254 e. The third-order valence-electron chi connectivity index (χ3n) is 4.16. The average molecular weight is 250 g/mol. The molecule has 2 rings (SSSR count). The van der Waals surface area contributed by atoms with E-state index in [9.17, 15) is 4.79 Å². The van der Waals surface area contributed by atoms with Gasteiger partial charge in [-0.3, -0.25) is 4.79 Å². The molecule has 0 atom stereocenters. The van der Waals surface area contributed by atoms with E-state index < -0.39 is 0 Å². The van der Waals surface area contributed by atoms with Crippen molar-refractivity contribution in [3.8, 4) is 0 Å². The molecule has 0 spiro atoms. The minimum absolute atomic E-state index is 0.0330. The zero-order valence-electron chi connectivity index (χ0n) is 11.5. The molecule has 1 amide bonds. The van der Waals surface area contributed by atoms with Crippen LogP contribution in [0.4, 0.5) is 0 Å². The van der Waals surface area contributed by atoms with Gasteiger partial charge in [-0.1, -0.05) is 12.8 Å². The summed E-state index contributed by atoms with van der Waals surface area (Å²) in [5, 5.41) is 3.05. The van der Waals surface area contributed by atoms with Crippen LogP contribution in [-0.4, -0.2) is 37.0 Å². The first-order valence-electron chi connectivity index (χ1n) is 6.55. The molecule has 0 unspecified atom stereocenters. The van der Waals surface area contributed by atoms with Crippen LogP contribution in [0, 0.1) is 6.92 Å². The molecular formula is C14H22N2O2. The molecule has 1 saturated carbocycles. The zero-order chi connectivity index (χ0) is 13.2. The predicted octanol–water partition coefficient (Wildman–Crippen LogP) is 2.19. The van der Waals surface area contributed by atoms with E-state index in [4.69, 9.17) is 4.42 Å². The van der Waals surface area contributed by atoms with Gasteiger partial charge in [-0.2, -0.15) is 0 Å². The number of hydrogen-bond acceptors (Lipinski definition) is 3. The Balaban J connectivity index is 1.98. The van der Waals surface area contributed by atoms with Crippen molar-refractivity contribution in [1.29, 1.82) is 0 Å². The summed E-state index contributed by atoms with van der Waals surface area (Å²) < 4.78 is 5.16. The van der Waals surface area contributed by atoms with Crippen molar-refractivity contribution in [2.45, 2.75) is 38.1 Å². The van der Waals surface area contributed by atoms with Crippen molar-refractivity contribution >= 4 is 5.91 Å². The van der Waals surface area contributed by atoms with Crippen LogP contribution in [0.25, 0.3) is 0 Å². The molecule has 100 valence electrons. The maximum absolute atomic E-state index is 12.1. The quantitative estimate of drug-likeness (QED) is 0.891. The Morgan fingerprint density at radius 3 is 2.61 bits per heavy atom. The zero-order valence-corrected chi connectivity index (χ0v) is 11.5. The van der Waals surface area contributed by atoms with Gasteiger partial charge in [-0.05, 0) is 39.9 Å². The third kappa shape index (κ3) is 2.43. The molecule has 4 nitrogen and oxygen atoms in total. The number of amides is 1. The van der Waals surface area contributed by atoms with Gasteiger partial charge in [0.1, 0.15) is 5.76 Å². The van der Waals surface area contributed by atoms with Gasteiger partial charge in [0.15, 0.2) is 0 Å². The summed E-state index contributed by atoms with van der Waals surface area (Å²) in [6, 6.07) is 1.72. The van der Waals surface area contributed by atoms with Crippen LogP contribution in [0.5, 0.6) is 0 Å². The van der Waals surface area contributed by atoms with E-state index in [1.54, 1.807) is 12.3 Å². The lowest BCUT2D eigenvalue weighted by Crippen LogP contribution is -2.50. The second kappa shape index (κ2) is 5.14. The summed E-state index contributed by atoms with van der Waals surface area (Å²) in [6.07, 6.45) is 6.37. The Kier molecular flexibility index (Phi) is 3.76. The van der Waals surface area contributed by atoms with Crippen molar-refractivity contribution in [1.82, 2.24) is 10.2 Å². The lowest BCUT2D eigenvalue weighted by atomic mass is 9.96. The van der Waals surface area contributed by atoms with Crippen LogP contribution in [0.15, 0.2) is 16.7 Å². The maximum atomic E-state index is 12.1. The van der Waals surface area contributed by atoms with E-state index in [1.165, 1.54) is 12.8 Å². The van der Waals surface area contributed by atoms with Crippen molar-refractivity contribution in [3.63, 3.8) is 0 Å². The summed E-state index contributed by atoms with van der Waals surface area (Å²) in [6.45, 7) is 2.52. The van der Waals surface area contributed by atoms with Gasteiger partial charge in [0.05, 0.1) is 11.8 Å². The molecule has 0 saturated heterocycles. The van der Waals surface area contributed by atoms with Crippen LogP contribution >= 0.6 is 0 Å². The molecule has 18 heavy (non-hydrogen) atoms. The first-order chi connectivity index (χ1) is 8.55. The smallest absolute Gasteiger partial charge is 0.254 e. The lowest BCUT2D eigenvalue weighted by Gasteiger charge is -2.36. The fraction of sp³-hybridized carbons (Fsp3) is 0.643. The molecule has 0 aromatic carbocycles. The molecular weight excluding hydrogens is 228 g/mol. The van der Waals surface area contributed by atoms with Crippen LogP contribution in [0.3, 0.4) is 0 Å². The van der Waals surface area contributed by atoms with E-state index in [-0.39, 0.29) is 11.4 Å². The number of nitrogens with one attached hydrogen (secondary N) is 1. The van der Waals surface area contributed by atoms with Crippen LogP contribution in [0.1, 0.15) is 41.8 Å². The van der Waals surface area contributed by atoms with Crippen LogP contribution in [-0.2, 0) is 0 Å². The van der Waals surface area contributed by atoms with Crippen LogP contribution < -0.4 is 5.32 Å². The van der Waals surface area contributed by atoms with Gasteiger partial charge in [-0.15, -0.1) is 0 Å². The van der Waals surface area contributed by atoms with Crippen molar-refractivity contribution < 1.29 is 9.21 Å². The van der Waals surface area contributed by atoms with Gasteiger partial charge < -0.3 is 14.6 Å². The van der Waals surface area contributed by atoms with E-state index in [0.717, 1.165) is 12.8 Å². The Bertz CT molecular complexity index is 417. The highest BCUT2D eigenvalue weighted by Gasteiger charge is 2.36. The molecule has 1 N–H and O–H groups in total. The van der Waals surface area contributed by atoms with Gasteiger partial charge in [0.2, 0.25) is 0 Å². The largest absolute Gasteiger partial charge is 0.469 e. The molecule has 1 aliphatic rings. The standard InChI is InChI=1S/C14H22N2O2/c1-11-12(6-9-18-11)13(17)15-10-14(16(2)3)7-4-5-8-14/h6,9H,4-5,7-8,10H2,1-3H3,(H,15,17). The molecule has 1 heterocycles. The summed E-state index contributed by atoms with van der Waals surface area (Å²) in [5.41, 5.74) is 0.773. The highest BCUT2D eigenvalue weighted by Crippen LogP contribution is 2.33. The highest BCUT2D eigenvalue weighted by molar-refractivity contribution is 5.95. The van der Waals surface area contributed by atoms with E-state index in [0.29, 0.717) is 17.9 Å².